The van der Waals surface area contributed by atoms with E-state index in [0.29, 0.717) is 6.61 Å². The molecule has 1 saturated carbocycles. The minimum atomic E-state index is -1.32. The van der Waals surface area contributed by atoms with Gasteiger partial charge in [0.1, 0.15) is 40.6 Å². The van der Waals surface area contributed by atoms with Crippen molar-refractivity contribution in [2.24, 2.45) is 5.92 Å². The van der Waals surface area contributed by atoms with Crippen LogP contribution in [0.1, 0.15) is 54.9 Å². The van der Waals surface area contributed by atoms with E-state index in [2.05, 4.69) is 6.92 Å². The maximum atomic E-state index is 14.4. The molecule has 2 aromatic carbocycles. The number of carbonyl (C=O) groups excluding carboxylic acids is 1. The fourth-order valence-electron chi connectivity index (χ4n) is 3.60. The monoisotopic (exact) mass is 447 g/mol. The van der Waals surface area contributed by atoms with Crippen molar-refractivity contribution in [2.45, 2.75) is 45.1 Å². The molecule has 3 rings (SSSR count). The van der Waals surface area contributed by atoms with E-state index in [1.165, 1.54) is 0 Å². The Hall–Kier alpha value is -3.05. The van der Waals surface area contributed by atoms with Gasteiger partial charge in [-0.15, -0.1) is 0 Å². The molecule has 0 saturated heterocycles. The molecule has 1 aliphatic rings. The van der Waals surface area contributed by atoms with E-state index < -0.39 is 29.0 Å². The number of halogens is 3. The van der Waals surface area contributed by atoms with Crippen LogP contribution in [0.3, 0.4) is 0 Å². The van der Waals surface area contributed by atoms with Crippen LogP contribution >= 0.6 is 0 Å². The summed E-state index contributed by atoms with van der Waals surface area (Å²) in [4.78, 5) is 12.2. The molecular formula is C24H24F3NO4. The van der Waals surface area contributed by atoms with Gasteiger partial charge in [-0.2, -0.15) is 5.26 Å². The molecule has 32 heavy (non-hydrogen) atoms. The predicted octanol–water partition coefficient (Wildman–Crippen LogP) is 5.56. The van der Waals surface area contributed by atoms with Crippen molar-refractivity contribution in [3.8, 4) is 17.6 Å². The van der Waals surface area contributed by atoms with Crippen LogP contribution in [0, 0.1) is 34.7 Å². The summed E-state index contributed by atoms with van der Waals surface area (Å²) >= 11 is 0. The summed E-state index contributed by atoms with van der Waals surface area (Å²) in [5.74, 6) is -4.55. The highest BCUT2D eigenvalue weighted by Crippen LogP contribution is 2.28. The van der Waals surface area contributed by atoms with Gasteiger partial charge in [-0.3, -0.25) is 0 Å². The molecule has 0 aliphatic heterocycles. The Labute approximate surface area is 184 Å². The van der Waals surface area contributed by atoms with Crippen molar-refractivity contribution < 1.29 is 32.2 Å². The van der Waals surface area contributed by atoms with Crippen LogP contribution in [0.25, 0.3) is 0 Å². The molecule has 170 valence electrons. The van der Waals surface area contributed by atoms with E-state index in [-0.39, 0.29) is 29.1 Å². The van der Waals surface area contributed by atoms with Gasteiger partial charge in [0.15, 0.2) is 0 Å². The molecule has 0 spiro atoms. The molecule has 0 bridgehead atoms. The molecule has 0 radical (unpaired) electrons. The number of hydrogen-bond donors (Lipinski definition) is 0. The van der Waals surface area contributed by atoms with Crippen LogP contribution < -0.4 is 9.47 Å². The number of benzene rings is 2. The molecule has 0 atom stereocenters. The lowest BCUT2D eigenvalue weighted by molar-refractivity contribution is 0.0132. The van der Waals surface area contributed by atoms with Crippen LogP contribution in [-0.4, -0.2) is 25.3 Å². The first-order valence-corrected chi connectivity index (χ1v) is 10.6. The van der Waals surface area contributed by atoms with Gasteiger partial charge in [0.05, 0.1) is 18.3 Å². The van der Waals surface area contributed by atoms with E-state index >= 15 is 0 Å². The lowest BCUT2D eigenvalue weighted by Gasteiger charge is -2.28. The van der Waals surface area contributed by atoms with Crippen molar-refractivity contribution in [3.63, 3.8) is 0 Å². The van der Waals surface area contributed by atoms with Crippen LogP contribution in [0.15, 0.2) is 30.3 Å². The van der Waals surface area contributed by atoms with Gasteiger partial charge in [0, 0.05) is 24.8 Å². The number of esters is 1. The minimum absolute atomic E-state index is 0.0228. The Bertz CT molecular complexity index is 974. The van der Waals surface area contributed by atoms with Crippen molar-refractivity contribution in [1.29, 1.82) is 5.26 Å². The number of hydrogen-bond acceptors (Lipinski definition) is 5. The topological polar surface area (TPSA) is 68.6 Å². The van der Waals surface area contributed by atoms with Crippen molar-refractivity contribution in [3.05, 3.63) is 58.9 Å². The summed E-state index contributed by atoms with van der Waals surface area (Å²) in [5, 5.41) is 8.72. The quantitative estimate of drug-likeness (QED) is 0.392. The number of nitrogens with zero attached hydrogens (tertiary/aromatic N) is 1. The summed E-state index contributed by atoms with van der Waals surface area (Å²) in [6, 6.07) is 6.53. The maximum absolute atomic E-state index is 14.4. The zero-order chi connectivity index (χ0) is 23.1. The summed E-state index contributed by atoms with van der Waals surface area (Å²) in [5.41, 5.74) is -1.15. The summed E-state index contributed by atoms with van der Waals surface area (Å²) in [7, 11) is 0. The standard InChI is InChI=1S/C24H24F3NO4/c1-2-9-30-17-6-3-15(4-7-17)14-31-19-11-21(26)23(22(27)12-19)24(29)32-18-8-5-16(13-28)20(25)10-18/h5,8,10-12,15,17H,2-4,6-7,9,14H2,1H3/t15-,17-. The first-order chi connectivity index (χ1) is 15.4. The molecule has 0 amide bonds. The molecule has 1 fully saturated rings. The Balaban J connectivity index is 1.58. The SMILES string of the molecule is CCCO[C@H]1CC[C@H](COc2cc(F)c(C(=O)Oc3ccc(C#N)c(F)c3)c(F)c2)CC1. The highest BCUT2D eigenvalue weighted by Gasteiger charge is 2.24. The third kappa shape index (κ3) is 6.01. The average molecular weight is 447 g/mol. The second-order valence-corrected chi connectivity index (χ2v) is 7.73. The molecule has 0 aromatic heterocycles. The van der Waals surface area contributed by atoms with Crippen LogP contribution in [0.2, 0.25) is 0 Å². The molecule has 2 aromatic rings. The Kier molecular flexibility index (Phi) is 8.12. The Morgan fingerprint density at radius 2 is 1.69 bits per heavy atom. The molecule has 0 N–H and O–H groups in total. The lowest BCUT2D eigenvalue weighted by Crippen LogP contribution is -2.25. The Morgan fingerprint density at radius 1 is 1.03 bits per heavy atom. The summed E-state index contributed by atoms with van der Waals surface area (Å²) < 4.78 is 58.7. The van der Waals surface area contributed by atoms with Crippen molar-refractivity contribution in [2.75, 3.05) is 13.2 Å². The molecule has 0 unspecified atom stereocenters. The maximum Gasteiger partial charge on any atom is 0.349 e. The van der Waals surface area contributed by atoms with E-state index in [1.54, 1.807) is 6.07 Å². The predicted molar refractivity (Wildman–Crippen MR) is 110 cm³/mol. The zero-order valence-corrected chi connectivity index (χ0v) is 17.7. The minimum Gasteiger partial charge on any atom is -0.493 e. The van der Waals surface area contributed by atoms with Gasteiger partial charge < -0.3 is 14.2 Å². The van der Waals surface area contributed by atoms with E-state index in [0.717, 1.165) is 69.0 Å². The van der Waals surface area contributed by atoms with Gasteiger partial charge in [-0.1, -0.05) is 6.92 Å². The molecule has 1 aliphatic carbocycles. The number of carbonyl (C=O) groups is 1. The van der Waals surface area contributed by atoms with Gasteiger partial charge >= 0.3 is 5.97 Å². The second kappa shape index (κ2) is 11.0. The zero-order valence-electron chi connectivity index (χ0n) is 17.7. The normalized spacial score (nSPS) is 18.1. The average Bonchev–Trinajstić information content (AvgIpc) is 2.76. The van der Waals surface area contributed by atoms with Crippen LogP contribution in [-0.2, 0) is 4.74 Å². The smallest absolute Gasteiger partial charge is 0.349 e. The molecule has 0 heterocycles. The number of nitriles is 1. The van der Waals surface area contributed by atoms with Crippen LogP contribution in [0.4, 0.5) is 13.2 Å². The first-order valence-electron chi connectivity index (χ1n) is 10.6. The summed E-state index contributed by atoms with van der Waals surface area (Å²) in [6.07, 6.45) is 4.91. The summed E-state index contributed by atoms with van der Waals surface area (Å²) in [6.45, 7) is 3.13. The third-order valence-corrected chi connectivity index (χ3v) is 5.33. The van der Waals surface area contributed by atoms with Crippen molar-refractivity contribution in [1.82, 2.24) is 0 Å². The highest BCUT2D eigenvalue weighted by molar-refractivity contribution is 5.91. The third-order valence-electron chi connectivity index (χ3n) is 5.33. The van der Waals surface area contributed by atoms with Gasteiger partial charge in [0.25, 0.3) is 0 Å². The second-order valence-electron chi connectivity index (χ2n) is 7.73. The highest BCUT2D eigenvalue weighted by atomic mass is 19.1. The molecule has 5 nitrogen and oxygen atoms in total. The van der Waals surface area contributed by atoms with E-state index in [9.17, 15) is 18.0 Å². The Morgan fingerprint density at radius 3 is 2.28 bits per heavy atom. The fraction of sp³-hybridized carbons (Fsp3) is 0.417. The van der Waals surface area contributed by atoms with Crippen molar-refractivity contribution >= 4 is 5.97 Å². The number of rotatable bonds is 8. The van der Waals surface area contributed by atoms with Crippen LogP contribution in [0.5, 0.6) is 11.5 Å². The lowest BCUT2D eigenvalue weighted by atomic mass is 9.88. The van der Waals surface area contributed by atoms with Gasteiger partial charge in [-0.05, 0) is 50.2 Å². The fourth-order valence-corrected chi connectivity index (χ4v) is 3.60. The number of ether oxygens (including phenoxy) is 3. The van der Waals surface area contributed by atoms with E-state index in [4.69, 9.17) is 19.5 Å². The van der Waals surface area contributed by atoms with E-state index in [1.807, 2.05) is 0 Å². The molecular weight excluding hydrogens is 423 g/mol. The van der Waals surface area contributed by atoms with Gasteiger partial charge in [-0.25, -0.2) is 18.0 Å². The largest absolute Gasteiger partial charge is 0.493 e. The van der Waals surface area contributed by atoms with Gasteiger partial charge in [0.2, 0.25) is 0 Å². The first kappa shape index (κ1) is 23.6. The molecule has 8 heteroatoms.